The molecule has 2 aromatic carbocycles. The van der Waals surface area contributed by atoms with Gasteiger partial charge in [-0.3, -0.25) is 0 Å². The van der Waals surface area contributed by atoms with Gasteiger partial charge < -0.3 is 4.98 Å². The lowest BCUT2D eigenvalue weighted by molar-refractivity contribution is 0.125. The molecule has 0 fully saturated rings. The van der Waals surface area contributed by atoms with Crippen LogP contribution in [-0.2, 0) is 10.8 Å². The number of fused-ring (bicyclic) bond motifs is 4. The van der Waals surface area contributed by atoms with Crippen molar-refractivity contribution in [1.29, 1.82) is 0 Å². The second-order valence-electron chi connectivity index (χ2n) is 8.99. The maximum absolute atomic E-state index is 3.63. The van der Waals surface area contributed by atoms with Gasteiger partial charge in [-0.25, -0.2) is 0 Å². The zero-order chi connectivity index (χ0) is 16.8. The normalized spacial score (nSPS) is 21.0. The first kappa shape index (κ1) is 14.8. The van der Waals surface area contributed by atoms with Gasteiger partial charge in [0.15, 0.2) is 0 Å². The summed E-state index contributed by atoms with van der Waals surface area (Å²) in [6.45, 7) is 16.6. The Morgan fingerprint density at radius 2 is 1.26 bits per heavy atom. The van der Waals surface area contributed by atoms with E-state index in [1.165, 1.54) is 38.5 Å². The van der Waals surface area contributed by atoms with Gasteiger partial charge >= 0.3 is 0 Å². The largest absolute Gasteiger partial charge is 0.355 e. The summed E-state index contributed by atoms with van der Waals surface area (Å²) in [7, 11) is 0. The Labute approximate surface area is 139 Å². The van der Waals surface area contributed by atoms with Gasteiger partial charge in [-0.05, 0) is 58.6 Å². The first-order valence-electron chi connectivity index (χ1n) is 8.64. The van der Waals surface area contributed by atoms with Gasteiger partial charge in [-0.1, -0.05) is 53.2 Å². The highest BCUT2D eigenvalue weighted by atomic mass is 14.7. The van der Waals surface area contributed by atoms with Gasteiger partial charge in [0.05, 0.1) is 0 Å². The molecule has 1 aromatic heterocycles. The van der Waals surface area contributed by atoms with E-state index in [2.05, 4.69) is 83.8 Å². The topological polar surface area (TPSA) is 15.8 Å². The van der Waals surface area contributed by atoms with Crippen LogP contribution in [0.25, 0.3) is 21.8 Å². The molecule has 0 saturated carbocycles. The van der Waals surface area contributed by atoms with E-state index in [1.807, 2.05) is 0 Å². The van der Waals surface area contributed by atoms with Crippen molar-refractivity contribution >= 4 is 21.8 Å². The Bertz CT molecular complexity index is 951. The molecule has 0 saturated heterocycles. The number of benzene rings is 2. The summed E-state index contributed by atoms with van der Waals surface area (Å²) < 4.78 is 0. The molecule has 0 radical (unpaired) electrons. The second-order valence-corrected chi connectivity index (χ2v) is 8.99. The quantitative estimate of drug-likeness (QED) is 0.507. The molecule has 1 aliphatic carbocycles. The van der Waals surface area contributed by atoms with Crippen LogP contribution in [0.5, 0.6) is 0 Å². The molecule has 23 heavy (non-hydrogen) atoms. The molecule has 120 valence electrons. The summed E-state index contributed by atoms with van der Waals surface area (Å²) in [5, 5.41) is 2.71. The zero-order valence-corrected chi connectivity index (χ0v) is 15.4. The molecule has 4 rings (SSSR count). The molecular formula is C22H27N. The molecule has 0 atom stereocenters. The molecule has 1 aliphatic rings. The molecule has 1 nitrogen and oxygen atoms in total. The van der Waals surface area contributed by atoms with Gasteiger partial charge in [-0.15, -0.1) is 0 Å². The Kier molecular flexibility index (Phi) is 2.58. The molecule has 3 aromatic rings. The molecule has 1 heterocycles. The predicted molar refractivity (Wildman–Crippen MR) is 100 cm³/mol. The van der Waals surface area contributed by atoms with Crippen LogP contribution in [0.1, 0.15) is 58.2 Å². The van der Waals surface area contributed by atoms with E-state index in [0.717, 1.165) is 0 Å². The van der Waals surface area contributed by atoms with Crippen molar-refractivity contribution in [3.63, 3.8) is 0 Å². The minimum atomic E-state index is 0.160. The van der Waals surface area contributed by atoms with Crippen molar-refractivity contribution in [2.45, 2.75) is 59.3 Å². The smallest absolute Gasteiger partial charge is 0.0468 e. The highest BCUT2D eigenvalue weighted by Gasteiger charge is 2.56. The van der Waals surface area contributed by atoms with E-state index in [9.17, 15) is 0 Å². The van der Waals surface area contributed by atoms with Crippen LogP contribution in [0.2, 0.25) is 0 Å². The van der Waals surface area contributed by atoms with E-state index in [1.54, 1.807) is 0 Å². The SMILES string of the molecule is Cc1ccc2[nH]c3cc4c(cc3c2c1)C(C)(C)C(C)(C)C4(C)C. The van der Waals surface area contributed by atoms with Crippen LogP contribution < -0.4 is 0 Å². The standard InChI is InChI=1S/C22H27N/c1-13-8-9-18-14(10-13)15-11-16-17(12-19(15)23-18)21(4,5)22(6,7)20(16,2)3/h8-12,23H,1-7H3. The van der Waals surface area contributed by atoms with E-state index in [4.69, 9.17) is 0 Å². The molecule has 0 unspecified atom stereocenters. The summed E-state index contributed by atoms with van der Waals surface area (Å²) in [6, 6.07) is 11.6. The fraction of sp³-hybridized carbons (Fsp3) is 0.455. The van der Waals surface area contributed by atoms with Crippen molar-refractivity contribution in [2.75, 3.05) is 0 Å². The van der Waals surface area contributed by atoms with Crippen LogP contribution in [0, 0.1) is 12.3 Å². The van der Waals surface area contributed by atoms with Gasteiger partial charge in [0.1, 0.15) is 0 Å². The molecule has 0 amide bonds. The highest BCUT2D eigenvalue weighted by Crippen LogP contribution is 2.62. The van der Waals surface area contributed by atoms with Crippen LogP contribution in [0.4, 0.5) is 0 Å². The first-order chi connectivity index (χ1) is 10.6. The highest BCUT2D eigenvalue weighted by molar-refractivity contribution is 6.08. The molecule has 1 heteroatoms. The number of aromatic amines is 1. The molecule has 0 bridgehead atoms. The number of aromatic nitrogens is 1. The summed E-state index contributed by atoms with van der Waals surface area (Å²) in [4.78, 5) is 3.63. The Hall–Kier alpha value is -1.76. The molecule has 0 spiro atoms. The number of aryl methyl sites for hydroxylation is 1. The summed E-state index contributed by atoms with van der Waals surface area (Å²) >= 11 is 0. The summed E-state index contributed by atoms with van der Waals surface area (Å²) in [6.07, 6.45) is 0. The fourth-order valence-corrected chi connectivity index (χ4v) is 4.55. The number of hydrogen-bond acceptors (Lipinski definition) is 0. The van der Waals surface area contributed by atoms with Crippen molar-refractivity contribution in [3.05, 3.63) is 47.0 Å². The van der Waals surface area contributed by atoms with Crippen molar-refractivity contribution < 1.29 is 0 Å². The monoisotopic (exact) mass is 305 g/mol. The van der Waals surface area contributed by atoms with E-state index >= 15 is 0 Å². The van der Waals surface area contributed by atoms with E-state index in [-0.39, 0.29) is 16.2 Å². The van der Waals surface area contributed by atoms with Crippen molar-refractivity contribution in [2.24, 2.45) is 5.41 Å². The van der Waals surface area contributed by atoms with Gasteiger partial charge in [-0.2, -0.15) is 0 Å². The van der Waals surface area contributed by atoms with Crippen LogP contribution in [0.3, 0.4) is 0 Å². The predicted octanol–water partition coefficient (Wildman–Crippen LogP) is 6.22. The third kappa shape index (κ3) is 1.58. The van der Waals surface area contributed by atoms with E-state index in [0.29, 0.717) is 0 Å². The lowest BCUT2D eigenvalue weighted by atomic mass is 9.59. The van der Waals surface area contributed by atoms with Crippen LogP contribution in [-0.4, -0.2) is 4.98 Å². The average molecular weight is 305 g/mol. The van der Waals surface area contributed by atoms with Gasteiger partial charge in [0.2, 0.25) is 0 Å². The Morgan fingerprint density at radius 3 is 1.91 bits per heavy atom. The summed E-state index contributed by atoms with van der Waals surface area (Å²) in [5.41, 5.74) is 7.38. The third-order valence-electron chi connectivity index (χ3n) is 7.36. The lowest BCUT2D eigenvalue weighted by Crippen LogP contribution is -2.42. The fourth-order valence-electron chi connectivity index (χ4n) is 4.55. The number of rotatable bonds is 0. The number of hydrogen-bond donors (Lipinski definition) is 1. The number of H-pyrrole nitrogens is 1. The van der Waals surface area contributed by atoms with Gasteiger partial charge in [0, 0.05) is 21.8 Å². The second kappa shape index (κ2) is 4.01. The van der Waals surface area contributed by atoms with Crippen molar-refractivity contribution in [1.82, 2.24) is 4.98 Å². The Morgan fingerprint density at radius 1 is 0.696 bits per heavy atom. The first-order valence-corrected chi connectivity index (χ1v) is 8.64. The van der Waals surface area contributed by atoms with E-state index < -0.39 is 0 Å². The van der Waals surface area contributed by atoms with Gasteiger partial charge in [0.25, 0.3) is 0 Å². The maximum atomic E-state index is 3.63. The number of nitrogens with one attached hydrogen (secondary N) is 1. The van der Waals surface area contributed by atoms with Crippen LogP contribution in [0.15, 0.2) is 30.3 Å². The third-order valence-corrected chi connectivity index (χ3v) is 7.36. The van der Waals surface area contributed by atoms with Crippen LogP contribution >= 0.6 is 0 Å². The minimum Gasteiger partial charge on any atom is -0.355 e. The van der Waals surface area contributed by atoms with Crippen molar-refractivity contribution in [3.8, 4) is 0 Å². The summed E-state index contributed by atoms with van der Waals surface area (Å²) in [5.74, 6) is 0. The Balaban J connectivity index is 2.14. The maximum Gasteiger partial charge on any atom is 0.0468 e. The molecule has 1 N–H and O–H groups in total. The zero-order valence-electron chi connectivity index (χ0n) is 15.4. The molecule has 0 aliphatic heterocycles. The minimum absolute atomic E-state index is 0.160. The average Bonchev–Trinajstić information content (AvgIpc) is 2.86. The molecular weight excluding hydrogens is 278 g/mol. The lowest BCUT2D eigenvalue weighted by Gasteiger charge is -2.44.